The van der Waals surface area contributed by atoms with Gasteiger partial charge in [-0.05, 0) is 69.3 Å². The Hall–Kier alpha value is -3.52. The van der Waals surface area contributed by atoms with Gasteiger partial charge < -0.3 is 14.2 Å². The molecule has 0 spiro atoms. The fraction of sp³-hybridized carbons (Fsp3) is 0.407. The topological polar surface area (TPSA) is 93.1 Å². The smallest absolute Gasteiger partial charge is 0.349 e. The summed E-state index contributed by atoms with van der Waals surface area (Å²) in [6.07, 6.45) is 4.73. The molecule has 0 bridgehead atoms. The molecule has 2 aliphatic heterocycles. The standard InChI is InChI=1S/C27H31N5O3/c1-17-8-4-5-9-19(17)16-31(3)12-13-32-22-15-23(35-20-10-6-7-11-20)18(2)14-21(22)28-24-25(32)29-27(34)30-26(24)33/h4-5,8-9,14-15,20H,6-7,10-13,16H2,1-3H3,(H,30,33,34). The summed E-state index contributed by atoms with van der Waals surface area (Å²) in [6.45, 7) is 6.15. The molecule has 0 unspecified atom stereocenters. The molecular formula is C27H31N5O3. The summed E-state index contributed by atoms with van der Waals surface area (Å²) in [6, 6.07) is 12.3. The van der Waals surface area contributed by atoms with Gasteiger partial charge >= 0.3 is 5.69 Å². The third-order valence-corrected chi connectivity index (χ3v) is 6.91. The Labute approximate surface area is 203 Å². The molecule has 3 aliphatic rings. The normalized spacial score (nSPS) is 14.4. The lowest BCUT2D eigenvalue weighted by Crippen LogP contribution is -2.30. The first kappa shape index (κ1) is 23.2. The molecule has 5 rings (SSSR count). The van der Waals surface area contributed by atoms with Crippen LogP contribution in [-0.2, 0) is 13.1 Å². The molecule has 2 heterocycles. The number of aryl methyl sites for hydroxylation is 2. The third-order valence-electron chi connectivity index (χ3n) is 6.91. The Kier molecular flexibility index (Phi) is 6.38. The average molecular weight is 474 g/mol. The number of fused-ring (bicyclic) bond motifs is 2. The highest BCUT2D eigenvalue weighted by Gasteiger charge is 2.22. The Morgan fingerprint density at radius 2 is 1.86 bits per heavy atom. The maximum Gasteiger partial charge on any atom is 0.349 e. The molecule has 2 aromatic carbocycles. The molecule has 1 fully saturated rings. The van der Waals surface area contributed by atoms with Gasteiger partial charge in [0.2, 0.25) is 0 Å². The van der Waals surface area contributed by atoms with E-state index in [-0.39, 0.29) is 11.8 Å². The SMILES string of the molecule is Cc1ccccc1CN(C)CCn1c2nc(=O)[nH]c(=O)c-2nc2cc(C)c(OC3CCCC3)cc21. The van der Waals surface area contributed by atoms with E-state index >= 15 is 0 Å². The molecule has 0 saturated heterocycles. The van der Waals surface area contributed by atoms with Crippen molar-refractivity contribution < 1.29 is 4.74 Å². The van der Waals surface area contributed by atoms with E-state index in [0.29, 0.717) is 24.4 Å². The minimum absolute atomic E-state index is 0.169. The van der Waals surface area contributed by atoms with E-state index in [2.05, 4.69) is 52.0 Å². The van der Waals surface area contributed by atoms with Gasteiger partial charge in [0.1, 0.15) is 5.75 Å². The molecule has 1 aliphatic carbocycles. The van der Waals surface area contributed by atoms with Gasteiger partial charge in [0.25, 0.3) is 5.56 Å². The van der Waals surface area contributed by atoms with Gasteiger partial charge in [-0.1, -0.05) is 24.3 Å². The van der Waals surface area contributed by atoms with Gasteiger partial charge in [-0.15, -0.1) is 0 Å². The maximum absolute atomic E-state index is 12.6. The number of nitrogens with zero attached hydrogens (tertiary/aromatic N) is 4. The van der Waals surface area contributed by atoms with Crippen molar-refractivity contribution >= 4 is 11.0 Å². The lowest BCUT2D eigenvalue weighted by Gasteiger charge is -2.23. The van der Waals surface area contributed by atoms with E-state index in [1.807, 2.05) is 29.7 Å². The molecule has 0 atom stereocenters. The van der Waals surface area contributed by atoms with E-state index in [0.717, 1.165) is 36.2 Å². The van der Waals surface area contributed by atoms with Crippen LogP contribution >= 0.6 is 0 Å². The molecule has 8 heteroatoms. The van der Waals surface area contributed by atoms with E-state index in [9.17, 15) is 9.59 Å². The van der Waals surface area contributed by atoms with Crippen LogP contribution in [0.3, 0.4) is 0 Å². The van der Waals surface area contributed by atoms with Crippen molar-refractivity contribution in [3.63, 3.8) is 0 Å². The van der Waals surface area contributed by atoms with Crippen molar-refractivity contribution in [2.24, 2.45) is 0 Å². The fourth-order valence-corrected chi connectivity index (χ4v) is 4.89. The molecule has 0 radical (unpaired) electrons. The van der Waals surface area contributed by atoms with Gasteiger partial charge in [0, 0.05) is 25.7 Å². The molecular weight excluding hydrogens is 442 g/mol. The van der Waals surface area contributed by atoms with Crippen LogP contribution in [0.25, 0.3) is 22.6 Å². The maximum atomic E-state index is 12.6. The van der Waals surface area contributed by atoms with Gasteiger partial charge in [-0.2, -0.15) is 4.98 Å². The Bertz CT molecular complexity index is 1450. The number of hydrogen-bond acceptors (Lipinski definition) is 6. The van der Waals surface area contributed by atoms with Gasteiger partial charge in [0.15, 0.2) is 11.5 Å². The molecule has 2 aromatic rings. The zero-order valence-corrected chi connectivity index (χ0v) is 20.5. The average Bonchev–Trinajstić information content (AvgIpc) is 3.33. The monoisotopic (exact) mass is 473 g/mol. The minimum Gasteiger partial charge on any atom is -0.490 e. The van der Waals surface area contributed by atoms with Crippen molar-refractivity contribution in [2.75, 3.05) is 13.6 Å². The van der Waals surface area contributed by atoms with Crippen LogP contribution in [0.5, 0.6) is 5.75 Å². The number of ether oxygens (including phenoxy) is 1. The predicted octanol–water partition coefficient (Wildman–Crippen LogP) is 3.65. The zero-order chi connectivity index (χ0) is 24.5. The number of rotatable bonds is 7. The highest BCUT2D eigenvalue weighted by molar-refractivity contribution is 5.82. The van der Waals surface area contributed by atoms with E-state index in [1.165, 1.54) is 24.0 Å². The highest BCUT2D eigenvalue weighted by atomic mass is 16.5. The Balaban J connectivity index is 1.54. The molecule has 8 nitrogen and oxygen atoms in total. The molecule has 0 amide bonds. The number of likely N-dealkylation sites (N-methyl/N-ethyl adjacent to an activating group) is 1. The molecule has 182 valence electrons. The van der Waals surface area contributed by atoms with Crippen molar-refractivity contribution in [2.45, 2.75) is 58.7 Å². The summed E-state index contributed by atoms with van der Waals surface area (Å²) in [5, 5.41) is 0. The number of benzene rings is 2. The largest absolute Gasteiger partial charge is 0.490 e. The van der Waals surface area contributed by atoms with Gasteiger partial charge in [-0.3, -0.25) is 9.78 Å². The molecule has 35 heavy (non-hydrogen) atoms. The second-order valence-electron chi connectivity index (χ2n) is 9.60. The second kappa shape index (κ2) is 9.62. The summed E-state index contributed by atoms with van der Waals surface area (Å²) < 4.78 is 8.28. The number of H-pyrrole nitrogens is 1. The number of hydrogen-bond donors (Lipinski definition) is 1. The Morgan fingerprint density at radius 3 is 2.63 bits per heavy atom. The summed E-state index contributed by atoms with van der Waals surface area (Å²) in [5.41, 5.74) is 3.96. The van der Waals surface area contributed by atoms with E-state index < -0.39 is 11.2 Å². The second-order valence-corrected chi connectivity index (χ2v) is 9.60. The Morgan fingerprint density at radius 1 is 1.09 bits per heavy atom. The number of nitrogens with one attached hydrogen (secondary N) is 1. The highest BCUT2D eigenvalue weighted by Crippen LogP contribution is 2.31. The molecule has 1 saturated carbocycles. The van der Waals surface area contributed by atoms with Crippen molar-refractivity contribution in [3.05, 3.63) is 73.9 Å². The zero-order valence-electron chi connectivity index (χ0n) is 20.5. The summed E-state index contributed by atoms with van der Waals surface area (Å²) >= 11 is 0. The van der Waals surface area contributed by atoms with Crippen LogP contribution in [0, 0.1) is 13.8 Å². The van der Waals surface area contributed by atoms with Crippen molar-refractivity contribution in [1.29, 1.82) is 0 Å². The van der Waals surface area contributed by atoms with Crippen molar-refractivity contribution in [3.8, 4) is 17.3 Å². The van der Waals surface area contributed by atoms with Crippen LogP contribution in [0.2, 0.25) is 0 Å². The third kappa shape index (κ3) is 4.84. The number of aromatic nitrogens is 4. The van der Waals surface area contributed by atoms with Gasteiger partial charge in [-0.25, -0.2) is 9.78 Å². The molecule has 0 aromatic heterocycles. The van der Waals surface area contributed by atoms with Gasteiger partial charge in [0.05, 0.1) is 17.1 Å². The summed E-state index contributed by atoms with van der Waals surface area (Å²) in [5.74, 6) is 1.12. The van der Waals surface area contributed by atoms with Crippen LogP contribution in [0.4, 0.5) is 0 Å². The van der Waals surface area contributed by atoms with Crippen LogP contribution in [-0.4, -0.2) is 44.1 Å². The lowest BCUT2D eigenvalue weighted by molar-refractivity contribution is 0.209. The first-order valence-electron chi connectivity index (χ1n) is 12.2. The summed E-state index contributed by atoms with van der Waals surface area (Å²) in [4.78, 5) is 37.9. The molecule has 1 N–H and O–H groups in total. The van der Waals surface area contributed by atoms with Crippen molar-refractivity contribution in [1.82, 2.24) is 24.4 Å². The van der Waals surface area contributed by atoms with Crippen LogP contribution < -0.4 is 16.0 Å². The van der Waals surface area contributed by atoms with Crippen LogP contribution in [0.15, 0.2) is 46.0 Å². The quantitative estimate of drug-likeness (QED) is 0.412. The summed E-state index contributed by atoms with van der Waals surface area (Å²) in [7, 11) is 2.07. The number of aromatic amines is 1. The minimum atomic E-state index is -0.666. The first-order chi connectivity index (χ1) is 16.9. The van der Waals surface area contributed by atoms with Crippen LogP contribution in [0.1, 0.15) is 42.4 Å². The predicted molar refractivity (Wildman–Crippen MR) is 136 cm³/mol. The van der Waals surface area contributed by atoms with E-state index in [4.69, 9.17) is 4.74 Å². The lowest BCUT2D eigenvalue weighted by atomic mass is 10.1. The fourth-order valence-electron chi connectivity index (χ4n) is 4.89. The first-order valence-corrected chi connectivity index (χ1v) is 12.2. The van der Waals surface area contributed by atoms with E-state index in [1.54, 1.807) is 0 Å².